The summed E-state index contributed by atoms with van der Waals surface area (Å²) in [6.07, 6.45) is 0. The van der Waals surface area contributed by atoms with Gasteiger partial charge in [0.1, 0.15) is 5.75 Å². The highest BCUT2D eigenvalue weighted by Crippen LogP contribution is 2.21. The quantitative estimate of drug-likeness (QED) is 0.638. The van der Waals surface area contributed by atoms with E-state index in [0.29, 0.717) is 22.9 Å². The van der Waals surface area contributed by atoms with Gasteiger partial charge in [0.15, 0.2) is 0 Å². The van der Waals surface area contributed by atoms with Crippen LogP contribution in [0.4, 0.5) is 0 Å². The molecule has 1 aromatic heterocycles. The van der Waals surface area contributed by atoms with Crippen molar-refractivity contribution in [1.29, 1.82) is 0 Å². The van der Waals surface area contributed by atoms with Gasteiger partial charge in [0.05, 0.1) is 12.7 Å². The number of aryl methyl sites for hydroxylation is 1. The van der Waals surface area contributed by atoms with Crippen molar-refractivity contribution in [3.63, 3.8) is 0 Å². The van der Waals surface area contributed by atoms with Gasteiger partial charge < -0.3 is 9.47 Å². The number of nitrogens with zero attached hydrogens (tertiary/aromatic N) is 2. The number of hydrogen-bond donors (Lipinski definition) is 0. The first-order valence-corrected chi connectivity index (χ1v) is 5.83. The van der Waals surface area contributed by atoms with Gasteiger partial charge in [-0.3, -0.25) is 0 Å². The van der Waals surface area contributed by atoms with Crippen LogP contribution in [-0.4, -0.2) is 23.0 Å². The highest BCUT2D eigenvalue weighted by molar-refractivity contribution is 6.28. The van der Waals surface area contributed by atoms with Crippen LogP contribution in [-0.2, 0) is 4.74 Å². The molecule has 0 N–H and O–H groups in total. The van der Waals surface area contributed by atoms with E-state index in [9.17, 15) is 4.79 Å². The molecule has 0 bridgehead atoms. The number of ether oxygens (including phenoxy) is 2. The molecule has 0 spiro atoms. The van der Waals surface area contributed by atoms with Crippen molar-refractivity contribution >= 4 is 17.6 Å². The Morgan fingerprint density at radius 2 is 1.89 bits per heavy atom. The van der Waals surface area contributed by atoms with Crippen molar-refractivity contribution in [2.45, 2.75) is 6.92 Å². The lowest BCUT2D eigenvalue weighted by molar-refractivity contribution is 0.0600. The number of aromatic nitrogens is 2. The number of halogens is 1. The lowest BCUT2D eigenvalue weighted by atomic mass is 10.2. The molecule has 2 aromatic rings. The zero-order valence-corrected chi connectivity index (χ0v) is 11.1. The molecule has 2 rings (SSSR count). The average molecular weight is 279 g/mol. The van der Waals surface area contributed by atoms with Crippen LogP contribution in [0.15, 0.2) is 30.3 Å². The van der Waals surface area contributed by atoms with E-state index in [1.54, 1.807) is 37.3 Å². The highest BCUT2D eigenvalue weighted by atomic mass is 35.5. The fraction of sp³-hybridized carbons (Fsp3) is 0.154. The third kappa shape index (κ3) is 3.42. The molecule has 98 valence electrons. The molecule has 1 aromatic carbocycles. The minimum Gasteiger partial charge on any atom is -0.465 e. The first-order valence-electron chi connectivity index (χ1n) is 5.46. The molecule has 0 aliphatic heterocycles. The fourth-order valence-electron chi connectivity index (χ4n) is 1.45. The molecule has 0 aliphatic rings. The number of esters is 1. The predicted octanol–water partition coefficient (Wildman–Crippen LogP) is 3.02. The van der Waals surface area contributed by atoms with E-state index in [1.165, 1.54) is 7.11 Å². The van der Waals surface area contributed by atoms with E-state index in [4.69, 9.17) is 16.3 Å². The van der Waals surface area contributed by atoms with E-state index in [1.807, 2.05) is 0 Å². The molecule has 0 fully saturated rings. The third-order valence-electron chi connectivity index (χ3n) is 2.30. The predicted molar refractivity (Wildman–Crippen MR) is 69.6 cm³/mol. The number of hydrogen-bond acceptors (Lipinski definition) is 5. The van der Waals surface area contributed by atoms with Gasteiger partial charge in [-0.05, 0) is 42.8 Å². The van der Waals surface area contributed by atoms with Gasteiger partial charge in [0, 0.05) is 11.8 Å². The van der Waals surface area contributed by atoms with Crippen LogP contribution in [0.3, 0.4) is 0 Å². The van der Waals surface area contributed by atoms with Crippen LogP contribution < -0.4 is 4.74 Å². The van der Waals surface area contributed by atoms with Crippen molar-refractivity contribution < 1.29 is 14.3 Å². The van der Waals surface area contributed by atoms with Gasteiger partial charge in [-0.1, -0.05) is 0 Å². The Morgan fingerprint density at radius 1 is 1.21 bits per heavy atom. The Labute approximate surface area is 115 Å². The lowest BCUT2D eigenvalue weighted by Crippen LogP contribution is -2.00. The Bertz CT molecular complexity index is 579. The van der Waals surface area contributed by atoms with Crippen LogP contribution in [0.1, 0.15) is 16.1 Å². The molecule has 0 unspecified atom stereocenters. The second-order valence-corrected chi connectivity index (χ2v) is 4.07. The molecule has 0 aliphatic carbocycles. The molecule has 6 heteroatoms. The molecule has 0 saturated heterocycles. The summed E-state index contributed by atoms with van der Waals surface area (Å²) in [6, 6.07) is 8.18. The summed E-state index contributed by atoms with van der Waals surface area (Å²) in [7, 11) is 1.33. The van der Waals surface area contributed by atoms with E-state index in [-0.39, 0.29) is 5.28 Å². The smallest absolute Gasteiger partial charge is 0.337 e. The first-order chi connectivity index (χ1) is 9.08. The van der Waals surface area contributed by atoms with Crippen LogP contribution in [0, 0.1) is 6.92 Å². The van der Waals surface area contributed by atoms with Crippen LogP contribution in [0.5, 0.6) is 11.6 Å². The van der Waals surface area contributed by atoms with Crippen LogP contribution >= 0.6 is 11.6 Å². The van der Waals surface area contributed by atoms with Crippen molar-refractivity contribution in [2.24, 2.45) is 0 Å². The van der Waals surface area contributed by atoms with Gasteiger partial charge in [0.25, 0.3) is 0 Å². The van der Waals surface area contributed by atoms with Crippen molar-refractivity contribution in [3.05, 3.63) is 46.9 Å². The Balaban J connectivity index is 2.17. The normalized spacial score (nSPS) is 10.1. The molecule has 1 heterocycles. The van der Waals surface area contributed by atoms with E-state index in [0.717, 1.165) is 0 Å². The summed E-state index contributed by atoms with van der Waals surface area (Å²) in [5.74, 6) is 0.498. The SMILES string of the molecule is COC(=O)c1ccc(Oc2cc(C)nc(Cl)n2)cc1. The second-order valence-electron chi connectivity index (χ2n) is 3.73. The maximum Gasteiger partial charge on any atom is 0.337 e. The Kier molecular flexibility index (Phi) is 3.97. The number of methoxy groups -OCH3 is 1. The molecule has 5 nitrogen and oxygen atoms in total. The summed E-state index contributed by atoms with van der Waals surface area (Å²) in [4.78, 5) is 19.2. The molecule has 19 heavy (non-hydrogen) atoms. The topological polar surface area (TPSA) is 61.3 Å². The van der Waals surface area contributed by atoms with Crippen molar-refractivity contribution in [2.75, 3.05) is 7.11 Å². The fourth-order valence-corrected chi connectivity index (χ4v) is 1.67. The summed E-state index contributed by atoms with van der Waals surface area (Å²) >= 11 is 5.74. The molecule has 0 atom stereocenters. The maximum atomic E-state index is 11.3. The zero-order valence-electron chi connectivity index (χ0n) is 10.4. The average Bonchev–Trinajstić information content (AvgIpc) is 2.37. The standard InChI is InChI=1S/C13H11ClN2O3/c1-8-7-11(16-13(14)15-8)19-10-5-3-9(4-6-10)12(17)18-2/h3-7H,1-2H3. The van der Waals surface area contributed by atoms with Gasteiger partial charge in [-0.15, -0.1) is 0 Å². The maximum absolute atomic E-state index is 11.3. The summed E-state index contributed by atoms with van der Waals surface area (Å²) in [6.45, 7) is 1.79. The number of carbonyl (C=O) groups is 1. The van der Waals surface area contributed by atoms with Crippen molar-refractivity contribution in [1.82, 2.24) is 9.97 Å². The monoisotopic (exact) mass is 278 g/mol. The first kappa shape index (κ1) is 13.3. The zero-order chi connectivity index (χ0) is 13.8. The van der Waals surface area contributed by atoms with E-state index in [2.05, 4.69) is 14.7 Å². The molecular weight excluding hydrogens is 268 g/mol. The molecule has 0 amide bonds. The lowest BCUT2D eigenvalue weighted by Gasteiger charge is -2.06. The summed E-state index contributed by atoms with van der Waals surface area (Å²) in [5.41, 5.74) is 1.16. The van der Waals surface area contributed by atoms with Gasteiger partial charge >= 0.3 is 5.97 Å². The highest BCUT2D eigenvalue weighted by Gasteiger charge is 2.06. The number of benzene rings is 1. The second kappa shape index (κ2) is 5.67. The molecule has 0 radical (unpaired) electrons. The minimum absolute atomic E-state index is 0.126. The van der Waals surface area contributed by atoms with Gasteiger partial charge in [0.2, 0.25) is 11.2 Å². The minimum atomic E-state index is -0.396. The number of carbonyl (C=O) groups excluding carboxylic acids is 1. The van der Waals surface area contributed by atoms with Crippen LogP contribution in [0.25, 0.3) is 0 Å². The van der Waals surface area contributed by atoms with Crippen LogP contribution in [0.2, 0.25) is 5.28 Å². The Morgan fingerprint density at radius 3 is 2.47 bits per heavy atom. The van der Waals surface area contributed by atoms with Crippen molar-refractivity contribution in [3.8, 4) is 11.6 Å². The van der Waals surface area contributed by atoms with Gasteiger partial charge in [-0.2, -0.15) is 4.98 Å². The summed E-state index contributed by atoms with van der Waals surface area (Å²) < 4.78 is 10.1. The number of rotatable bonds is 3. The molecular formula is C13H11ClN2O3. The molecule has 0 saturated carbocycles. The van der Waals surface area contributed by atoms with Gasteiger partial charge in [-0.25, -0.2) is 9.78 Å². The van der Waals surface area contributed by atoms with E-state index < -0.39 is 5.97 Å². The summed E-state index contributed by atoms with van der Waals surface area (Å²) in [5, 5.41) is 0.126. The third-order valence-corrected chi connectivity index (χ3v) is 2.47. The van der Waals surface area contributed by atoms with E-state index >= 15 is 0 Å². The largest absolute Gasteiger partial charge is 0.465 e. The Hall–Kier alpha value is -2.14.